The van der Waals surface area contributed by atoms with Crippen molar-refractivity contribution in [3.63, 3.8) is 0 Å². The van der Waals surface area contributed by atoms with Crippen LogP contribution >= 0.6 is 0 Å². The fourth-order valence-corrected chi connectivity index (χ4v) is 6.38. The van der Waals surface area contributed by atoms with Crippen molar-refractivity contribution in [3.8, 4) is 11.3 Å². The summed E-state index contributed by atoms with van der Waals surface area (Å²) >= 11 is 0. The maximum Gasteiger partial charge on any atom is 0.290 e. The van der Waals surface area contributed by atoms with Crippen LogP contribution < -0.4 is 10.6 Å². The summed E-state index contributed by atoms with van der Waals surface area (Å²) < 4.78 is 32.8. The van der Waals surface area contributed by atoms with E-state index in [4.69, 9.17) is 4.52 Å². The molecule has 1 saturated heterocycles. The highest BCUT2D eigenvalue weighted by Crippen LogP contribution is 2.45. The lowest BCUT2D eigenvalue weighted by Crippen LogP contribution is -2.58. The maximum atomic E-state index is 14.2. The molecule has 210 valence electrons. The number of carbonyl (C=O) groups is 2. The van der Waals surface area contributed by atoms with Crippen LogP contribution in [0.5, 0.6) is 0 Å². The molecule has 2 N–H and O–H groups in total. The Balaban J connectivity index is 1.20. The van der Waals surface area contributed by atoms with Gasteiger partial charge in [0.25, 0.3) is 5.91 Å². The molecule has 4 atom stereocenters. The summed E-state index contributed by atoms with van der Waals surface area (Å²) in [6, 6.07) is 10.2. The van der Waals surface area contributed by atoms with Crippen LogP contribution in [0.25, 0.3) is 11.3 Å². The Kier molecular flexibility index (Phi) is 7.12. The number of likely N-dealkylation sites (tertiary alicyclic amines) is 1. The zero-order chi connectivity index (χ0) is 27.9. The molecule has 6 rings (SSSR count). The van der Waals surface area contributed by atoms with E-state index in [1.807, 2.05) is 18.2 Å². The monoisotopic (exact) mass is 549 g/mol. The van der Waals surface area contributed by atoms with E-state index in [0.717, 1.165) is 43.6 Å². The third-order valence-corrected chi connectivity index (χ3v) is 8.79. The second-order valence-corrected chi connectivity index (χ2v) is 11.4. The second-order valence-electron chi connectivity index (χ2n) is 11.4. The number of rotatable bonds is 7. The molecule has 1 aromatic carbocycles. The normalized spacial score (nSPS) is 25.9. The van der Waals surface area contributed by atoms with Gasteiger partial charge < -0.3 is 15.2 Å². The molecule has 1 aliphatic heterocycles. The fourth-order valence-electron chi connectivity index (χ4n) is 6.38. The average molecular weight is 550 g/mol. The molecular formula is C30H33F2N5O3. The summed E-state index contributed by atoms with van der Waals surface area (Å²) in [5, 5.41) is 10.1. The number of carbonyl (C=O) groups excluding carboxylic acids is 2. The average Bonchev–Trinajstić information content (AvgIpc) is 3.34. The van der Waals surface area contributed by atoms with E-state index in [0.29, 0.717) is 24.9 Å². The summed E-state index contributed by atoms with van der Waals surface area (Å²) in [5.74, 6) is -2.14. The first-order chi connectivity index (χ1) is 19.3. The zero-order valence-corrected chi connectivity index (χ0v) is 22.4. The zero-order valence-electron chi connectivity index (χ0n) is 22.4. The summed E-state index contributed by atoms with van der Waals surface area (Å²) in [7, 11) is 0. The van der Waals surface area contributed by atoms with Crippen LogP contribution in [0, 0.1) is 23.5 Å². The van der Waals surface area contributed by atoms with Crippen LogP contribution in [-0.4, -0.2) is 52.0 Å². The van der Waals surface area contributed by atoms with Crippen molar-refractivity contribution in [3.05, 3.63) is 71.8 Å². The van der Waals surface area contributed by atoms with E-state index in [1.165, 1.54) is 25.0 Å². The fraction of sp³-hybridized carbons (Fsp3) is 0.467. The van der Waals surface area contributed by atoms with E-state index in [1.54, 1.807) is 6.20 Å². The van der Waals surface area contributed by atoms with Crippen molar-refractivity contribution in [1.82, 2.24) is 25.7 Å². The minimum Gasteiger partial charge on any atom is -0.350 e. The molecular weight excluding hydrogens is 516 g/mol. The van der Waals surface area contributed by atoms with Crippen LogP contribution in [-0.2, 0) is 10.3 Å². The van der Waals surface area contributed by atoms with Gasteiger partial charge in [0, 0.05) is 49.1 Å². The predicted octanol–water partition coefficient (Wildman–Crippen LogP) is 4.43. The topological polar surface area (TPSA) is 100 Å². The van der Waals surface area contributed by atoms with Gasteiger partial charge in [-0.15, -0.1) is 0 Å². The Hall–Kier alpha value is -3.66. The quantitative estimate of drug-likeness (QED) is 0.452. The molecule has 0 spiro atoms. The summed E-state index contributed by atoms with van der Waals surface area (Å²) in [6.07, 6.45) is 7.47. The molecule has 3 heterocycles. The second kappa shape index (κ2) is 10.7. The molecule has 2 aliphatic carbocycles. The van der Waals surface area contributed by atoms with Gasteiger partial charge in [-0.05, 0) is 62.3 Å². The minimum absolute atomic E-state index is 0.0321. The molecule has 0 bridgehead atoms. The predicted molar refractivity (Wildman–Crippen MR) is 143 cm³/mol. The first kappa shape index (κ1) is 26.6. The maximum absolute atomic E-state index is 14.2. The van der Waals surface area contributed by atoms with Crippen molar-refractivity contribution in [1.29, 1.82) is 0 Å². The molecule has 3 aromatic rings. The van der Waals surface area contributed by atoms with Gasteiger partial charge in [-0.25, -0.2) is 8.78 Å². The van der Waals surface area contributed by atoms with Crippen LogP contribution in [0.4, 0.5) is 8.78 Å². The number of hydrogen-bond donors (Lipinski definition) is 2. The third kappa shape index (κ3) is 5.24. The van der Waals surface area contributed by atoms with Gasteiger partial charge in [0.2, 0.25) is 11.7 Å². The number of hydrogen-bond acceptors (Lipinski definition) is 6. The number of halogens is 2. The van der Waals surface area contributed by atoms with Crippen molar-refractivity contribution in [2.75, 3.05) is 13.1 Å². The number of piperidine rings is 1. The molecule has 3 aliphatic rings. The molecule has 2 amide bonds. The van der Waals surface area contributed by atoms with Crippen LogP contribution in [0.3, 0.4) is 0 Å². The van der Waals surface area contributed by atoms with Crippen molar-refractivity contribution in [2.45, 2.75) is 63.1 Å². The molecule has 10 heteroatoms. The van der Waals surface area contributed by atoms with Crippen molar-refractivity contribution >= 4 is 11.8 Å². The van der Waals surface area contributed by atoms with E-state index in [2.05, 4.69) is 32.6 Å². The van der Waals surface area contributed by atoms with Gasteiger partial charge >= 0.3 is 0 Å². The minimum atomic E-state index is -0.799. The lowest BCUT2D eigenvalue weighted by molar-refractivity contribution is -0.129. The molecule has 2 saturated carbocycles. The number of amides is 2. The summed E-state index contributed by atoms with van der Waals surface area (Å²) in [6.45, 7) is 3.59. The lowest BCUT2D eigenvalue weighted by atomic mass is 9.88. The van der Waals surface area contributed by atoms with E-state index in [-0.39, 0.29) is 22.9 Å². The Morgan fingerprint density at radius 1 is 1.10 bits per heavy atom. The molecule has 2 aromatic heterocycles. The van der Waals surface area contributed by atoms with Crippen molar-refractivity contribution < 1.29 is 22.9 Å². The van der Waals surface area contributed by atoms with Crippen LogP contribution in [0.2, 0.25) is 0 Å². The highest BCUT2D eigenvalue weighted by molar-refractivity contribution is 5.93. The largest absolute Gasteiger partial charge is 0.350 e. The number of pyridine rings is 1. The van der Waals surface area contributed by atoms with E-state index >= 15 is 0 Å². The van der Waals surface area contributed by atoms with Gasteiger partial charge in [-0.3, -0.25) is 19.5 Å². The summed E-state index contributed by atoms with van der Waals surface area (Å²) in [4.78, 5) is 33.9. The first-order valence-electron chi connectivity index (χ1n) is 14.0. The van der Waals surface area contributed by atoms with Gasteiger partial charge in [-0.1, -0.05) is 24.6 Å². The number of nitrogens with zero attached hydrogens (tertiary/aromatic N) is 3. The van der Waals surface area contributed by atoms with Gasteiger partial charge in [0.05, 0.1) is 17.2 Å². The number of benzene rings is 1. The molecule has 8 nitrogen and oxygen atoms in total. The van der Waals surface area contributed by atoms with E-state index < -0.39 is 35.0 Å². The Bertz CT molecular complexity index is 1390. The van der Waals surface area contributed by atoms with Gasteiger partial charge in [0.1, 0.15) is 17.3 Å². The Labute approximate surface area is 231 Å². The molecule has 2 unspecified atom stereocenters. The van der Waals surface area contributed by atoms with Crippen LogP contribution in [0.1, 0.15) is 61.7 Å². The SMILES string of the molecule is CC1CCCC1N1CC[C@@H](NC(=O)c2cc(-c3ccc(F)cc3F)no2)[C@H](C(=O)NC2(c3ccccn3)CC2)C1. The Morgan fingerprint density at radius 3 is 2.65 bits per heavy atom. The highest BCUT2D eigenvalue weighted by Gasteiger charge is 2.49. The molecule has 3 fully saturated rings. The third-order valence-electron chi connectivity index (χ3n) is 8.79. The van der Waals surface area contributed by atoms with E-state index in [9.17, 15) is 18.4 Å². The highest BCUT2D eigenvalue weighted by atomic mass is 19.1. The summed E-state index contributed by atoms with van der Waals surface area (Å²) in [5.41, 5.74) is 0.510. The lowest BCUT2D eigenvalue weighted by Gasteiger charge is -2.42. The number of aromatic nitrogens is 2. The number of nitrogens with one attached hydrogen (secondary N) is 2. The molecule has 0 radical (unpaired) electrons. The first-order valence-corrected chi connectivity index (χ1v) is 14.0. The van der Waals surface area contributed by atoms with Crippen molar-refractivity contribution in [2.24, 2.45) is 11.8 Å². The Morgan fingerprint density at radius 2 is 1.95 bits per heavy atom. The van der Waals surface area contributed by atoms with Gasteiger partial charge in [0.15, 0.2) is 0 Å². The van der Waals surface area contributed by atoms with Crippen LogP contribution in [0.15, 0.2) is 53.2 Å². The standard InChI is InChI=1S/C30H33F2N5O3/c1-18-5-4-6-25(18)37-14-10-23(21(17-37)28(38)35-30(11-12-30)27-7-2-3-13-33-27)34-29(39)26-16-24(36-40-26)20-9-8-19(31)15-22(20)32/h2-3,7-9,13,15-16,18,21,23,25H,4-6,10-12,14,17H2,1H3,(H,34,39)(H,35,38)/t18?,21-,23-,25?/m1/s1. The van der Waals surface area contributed by atoms with Gasteiger partial charge in [-0.2, -0.15) is 0 Å². The smallest absolute Gasteiger partial charge is 0.290 e. The molecule has 40 heavy (non-hydrogen) atoms.